The third-order valence-corrected chi connectivity index (χ3v) is 27.3. The molecule has 0 spiro atoms. The molecule has 0 radical (unpaired) electrons. The minimum absolute atomic E-state index is 0.0103. The molecule has 22 nitrogen and oxygen atoms in total. The van der Waals surface area contributed by atoms with Gasteiger partial charge in [-0.25, -0.2) is 13.6 Å². The van der Waals surface area contributed by atoms with Crippen molar-refractivity contribution in [3.05, 3.63) is 143 Å². The maximum atomic E-state index is 14.2. The van der Waals surface area contributed by atoms with Gasteiger partial charge in [0, 0.05) is 217 Å². The summed E-state index contributed by atoms with van der Waals surface area (Å²) in [6.07, 6.45) is 16.0. The fourth-order valence-corrected chi connectivity index (χ4v) is 19.8. The molecule has 2 unspecified atom stereocenters. The van der Waals surface area contributed by atoms with E-state index < -0.39 is 27.6 Å². The molecule has 4 aliphatic carbocycles. The number of ether oxygens (including phenoxy) is 4. The lowest BCUT2D eigenvalue weighted by atomic mass is 9.99. The summed E-state index contributed by atoms with van der Waals surface area (Å²) in [5.74, 6) is 9.66. The zero-order chi connectivity index (χ0) is 83.9. The number of benzene rings is 6. The first-order valence-corrected chi connectivity index (χ1v) is 44.0. The minimum atomic E-state index is -4.48. The highest BCUT2D eigenvalue weighted by atomic mass is 32.2. The molecule has 7 aliphatic rings. The zero-order valence-electron chi connectivity index (χ0n) is 69.1. The molecule has 6 aromatic carbocycles. The molecule has 119 heavy (non-hydrogen) atoms. The van der Waals surface area contributed by atoms with Crippen LogP contribution in [0.5, 0.6) is 23.0 Å². The number of carbonyl (C=O) groups is 4. The van der Waals surface area contributed by atoms with Crippen LogP contribution in [0.15, 0.2) is 132 Å². The van der Waals surface area contributed by atoms with Crippen molar-refractivity contribution in [1.82, 2.24) is 49.0 Å². The smallest absolute Gasteiger partial charge is 0.418 e. The molecular formula is C91H103F4N13O9S2. The van der Waals surface area contributed by atoms with Crippen LogP contribution in [0.3, 0.4) is 0 Å². The van der Waals surface area contributed by atoms with E-state index in [4.69, 9.17) is 18.9 Å². The van der Waals surface area contributed by atoms with Gasteiger partial charge < -0.3 is 28.7 Å². The highest BCUT2D eigenvalue weighted by Gasteiger charge is 2.38. The average molecular weight is 1660 g/mol. The monoisotopic (exact) mass is 1660 g/mol. The van der Waals surface area contributed by atoms with E-state index in [0.29, 0.717) is 121 Å². The first kappa shape index (κ1) is 83.5. The van der Waals surface area contributed by atoms with Crippen LogP contribution in [-0.4, -0.2) is 158 Å². The van der Waals surface area contributed by atoms with Crippen molar-refractivity contribution in [1.29, 1.82) is 0 Å². The number of likely N-dealkylation sites (N-methyl/N-ethyl adjacent to an activating group) is 1. The lowest BCUT2D eigenvalue weighted by Crippen LogP contribution is -2.45. The summed E-state index contributed by atoms with van der Waals surface area (Å²) in [6, 6.07) is 28.4. The number of thiazole rings is 1. The maximum absolute atomic E-state index is 14.2. The second-order valence-electron chi connectivity index (χ2n) is 33.1. The van der Waals surface area contributed by atoms with Gasteiger partial charge in [-0.2, -0.15) is 33.6 Å². The fourth-order valence-electron chi connectivity index (χ4n) is 17.3. The number of hydrogen-bond donors (Lipinski definition) is 0. The number of hydrogen-bond acceptors (Lipinski definition) is 18. The number of piperazine rings is 1. The van der Waals surface area contributed by atoms with Crippen LogP contribution in [-0.2, 0) is 63.3 Å². The molecule has 18 rings (SSSR count). The molecule has 4 saturated carbocycles. The number of aromatic nitrogens is 9. The second kappa shape index (κ2) is 35.0. The van der Waals surface area contributed by atoms with Gasteiger partial charge in [0.05, 0.1) is 85.0 Å². The summed E-state index contributed by atoms with van der Waals surface area (Å²) < 4.78 is 103. The number of rotatable bonds is 19. The number of carbonyl (C=O) groups excluding carboxylic acids is 4. The van der Waals surface area contributed by atoms with Gasteiger partial charge in [0.15, 0.2) is 0 Å². The zero-order valence-corrected chi connectivity index (χ0v) is 70.7. The number of alkyl halides is 4. The Hall–Kier alpha value is -10.6. The molecule has 5 aromatic heterocycles. The Morgan fingerprint density at radius 3 is 1.29 bits per heavy atom. The highest BCUT2D eigenvalue weighted by molar-refractivity contribution is 8.01. The molecule has 0 amide bonds. The molecule has 3 aliphatic heterocycles. The standard InChI is InChI=1S/C27H31F3N4O2.C25H29N3O3S.C20H22FN3O2S.C19H21N3O2/c1-17(18-4-6-21(35)12-18)36-26-15-20(14-24-22(26)16-33(3)31-24)19-5-7-25(23(13-19)27(28,29)30)34-10-8-32(2)9-11-34;1-17(19-7-10-22(29)13-19)31-25-15-20(14-24-23(25)16-27(2)26-24)18-5-8-21(9-6-18)28-11-4-12-32(28,3)30;1-11(21)20-22-18(10-27-20)14-7-17-16(9-24(3)23-17)19(8-14)26-12(2)13-4-5-15(25)6-13;1-12(13-5-6-15(23)8-13)24-19-10-14(17-4-3-7-20-17)9-18-16(19)11-22(2)21-18/h5,7,13-18H,4,6,8-12H2,1-3H3;5-6,8-9,14-17,19H,3-4,7,10-13H2,1-2H3;7-13H,4-6H2,1-3H3;4,7,9-13H,3,5-6,8H2,1-2H3/t17-,18+;17-,19+,32?;11?,12-,13+;12-,13+/m1111/s1. The van der Waals surface area contributed by atoms with E-state index in [9.17, 15) is 40.9 Å². The molecule has 10 atom stereocenters. The summed E-state index contributed by atoms with van der Waals surface area (Å²) in [7, 11) is 7.27. The van der Waals surface area contributed by atoms with Crippen molar-refractivity contribution in [3.8, 4) is 56.5 Å². The Balaban J connectivity index is 0.000000125. The topological polar surface area (TPSA) is 229 Å². The molecule has 0 N–H and O–H groups in total. The molecule has 0 bridgehead atoms. The Morgan fingerprint density at radius 1 is 0.504 bits per heavy atom. The quantitative estimate of drug-likeness (QED) is 0.0541. The van der Waals surface area contributed by atoms with E-state index in [1.165, 1.54) is 24.3 Å². The predicted molar refractivity (Wildman–Crippen MR) is 462 cm³/mol. The van der Waals surface area contributed by atoms with Crippen LogP contribution >= 0.6 is 11.3 Å². The van der Waals surface area contributed by atoms with Crippen LogP contribution in [0.25, 0.3) is 82.8 Å². The number of halogens is 4. The molecule has 11 aromatic rings. The third-order valence-electron chi connectivity index (χ3n) is 24.1. The van der Waals surface area contributed by atoms with Gasteiger partial charge in [-0.05, 0) is 175 Å². The number of aliphatic imine (C=N–C) groups is 1. The van der Waals surface area contributed by atoms with Gasteiger partial charge in [0.2, 0.25) is 0 Å². The van der Waals surface area contributed by atoms with Crippen molar-refractivity contribution in [2.24, 2.45) is 56.9 Å². The van der Waals surface area contributed by atoms with Crippen LogP contribution in [0, 0.1) is 23.7 Å². The van der Waals surface area contributed by atoms with Crippen LogP contribution in [0.4, 0.5) is 28.9 Å². The van der Waals surface area contributed by atoms with E-state index in [-0.39, 0.29) is 53.6 Å². The Morgan fingerprint density at radius 2 is 0.908 bits per heavy atom. The fraction of sp³-hybridized carbons (Fsp3) is 0.440. The minimum Gasteiger partial charge on any atom is -0.490 e. The van der Waals surface area contributed by atoms with E-state index in [1.807, 2.05) is 118 Å². The SMILES string of the molecule is C=S1(=O)CCCN1c1ccc(-c2cc(O[C@H](C)[C@H]3CCC(=O)C3)c3cn(C)nc3c2)cc1.CC(F)c1nc(-c2cc(O[C@H](C)[C@H]3CCC(=O)C3)c3cn(C)nc3c2)cs1.C[C@@H](Oc1cc(-c2ccc(N3CCN(C)CC3)c(C(F)(F)F)c2)cc2nn(C)cc12)[C@H]1CCC(=O)C1.C[C@@H](Oc1cc(C2=CCC=N2)cc2nn(C)cc12)[C@H]1CCC(=O)C1. The van der Waals surface area contributed by atoms with Crippen LogP contribution < -0.4 is 28.2 Å². The van der Waals surface area contributed by atoms with Gasteiger partial charge in [-0.1, -0.05) is 24.3 Å². The predicted octanol–water partition coefficient (Wildman–Crippen LogP) is 17.8. The lowest BCUT2D eigenvalue weighted by Gasteiger charge is -2.35. The number of allylic oxidation sites excluding steroid dienone is 1. The summed E-state index contributed by atoms with van der Waals surface area (Å²) in [5.41, 5.74) is 10.5. The lowest BCUT2D eigenvalue weighted by molar-refractivity contribution is -0.137. The van der Waals surface area contributed by atoms with Gasteiger partial charge in [0.1, 0.15) is 57.3 Å². The van der Waals surface area contributed by atoms with E-state index in [1.54, 1.807) is 50.0 Å². The van der Waals surface area contributed by atoms with Crippen LogP contribution in [0.2, 0.25) is 0 Å². The van der Waals surface area contributed by atoms with Crippen molar-refractivity contribution in [2.45, 2.75) is 161 Å². The summed E-state index contributed by atoms with van der Waals surface area (Å²) in [4.78, 5) is 59.4. The number of fused-ring (bicyclic) bond motifs is 4. The number of Topliss-reactive ketones (excluding diaryl/α,β-unsaturated/α-hetero) is 4. The molecule has 2 saturated heterocycles. The largest absolute Gasteiger partial charge is 0.490 e. The highest BCUT2D eigenvalue weighted by Crippen LogP contribution is 2.45. The third kappa shape index (κ3) is 19.2. The van der Waals surface area contributed by atoms with Crippen molar-refractivity contribution >= 4 is 117 Å². The first-order valence-electron chi connectivity index (χ1n) is 41.2. The number of ketones is 4. The Kier molecular flexibility index (Phi) is 24.6. The number of nitrogens with zero attached hydrogens (tertiary/aromatic N) is 13. The van der Waals surface area contributed by atoms with Gasteiger partial charge >= 0.3 is 6.18 Å². The van der Waals surface area contributed by atoms with Crippen molar-refractivity contribution < 1.29 is 59.9 Å². The summed E-state index contributed by atoms with van der Waals surface area (Å²) >= 11 is 1.31. The van der Waals surface area contributed by atoms with Gasteiger partial charge in [0.25, 0.3) is 0 Å². The first-order chi connectivity index (χ1) is 56.9. The summed E-state index contributed by atoms with van der Waals surface area (Å²) in [6.45, 7) is 12.9. The Labute approximate surface area is 694 Å². The normalized spacial score (nSPS) is 21.5. The average Bonchev–Trinajstić information content (AvgIpc) is 1.74. The summed E-state index contributed by atoms with van der Waals surface area (Å²) in [5, 5.41) is 24.1. The van der Waals surface area contributed by atoms with Gasteiger partial charge in [-0.3, -0.25) is 47.2 Å². The van der Waals surface area contributed by atoms with Gasteiger partial charge in [-0.15, -0.1) is 11.3 Å². The van der Waals surface area contributed by atoms with Crippen molar-refractivity contribution in [2.75, 3.05) is 54.7 Å². The molecule has 28 heteroatoms. The molecule has 8 heterocycles. The molecule has 626 valence electrons. The van der Waals surface area contributed by atoms with Crippen molar-refractivity contribution in [3.63, 3.8) is 0 Å². The Bertz CT molecular complexity index is 5820. The maximum Gasteiger partial charge on any atom is 0.418 e. The molecule has 6 fully saturated rings. The second-order valence-corrected chi connectivity index (χ2v) is 36.4. The number of aryl methyl sites for hydroxylation is 4. The van der Waals surface area contributed by atoms with Crippen LogP contribution in [0.1, 0.15) is 147 Å². The molecular weight excluding hydrogens is 1560 g/mol. The van der Waals surface area contributed by atoms with E-state index in [0.717, 1.165) is 153 Å². The van der Waals surface area contributed by atoms with E-state index >= 15 is 0 Å². The van der Waals surface area contributed by atoms with E-state index in [2.05, 4.69) is 91.4 Å². The number of anilines is 2.